The lowest BCUT2D eigenvalue weighted by Crippen LogP contribution is -2.29. The monoisotopic (exact) mass is 367 g/mol. The zero-order chi connectivity index (χ0) is 16.3. The molecule has 0 aliphatic carbocycles. The van der Waals surface area contributed by atoms with Crippen molar-refractivity contribution in [2.45, 2.75) is 11.0 Å². The number of sulfonamides is 1. The van der Waals surface area contributed by atoms with Crippen LogP contribution in [0, 0.1) is 11.6 Å². The van der Waals surface area contributed by atoms with Crippen molar-refractivity contribution in [2.75, 3.05) is 13.7 Å². The molecule has 0 amide bonds. The average Bonchev–Trinajstić information content (AvgIpc) is 2.89. The van der Waals surface area contributed by atoms with Gasteiger partial charge in [-0.15, -0.1) is 11.3 Å². The van der Waals surface area contributed by atoms with E-state index in [9.17, 15) is 17.2 Å². The summed E-state index contributed by atoms with van der Waals surface area (Å²) in [5.41, 5.74) is 0. The summed E-state index contributed by atoms with van der Waals surface area (Å²) in [5, 5.41) is 0. The van der Waals surface area contributed by atoms with Gasteiger partial charge in [-0.3, -0.25) is 0 Å². The molecule has 0 saturated heterocycles. The Morgan fingerprint density at radius 2 is 2.00 bits per heavy atom. The third-order valence-corrected chi connectivity index (χ3v) is 5.60. The second kappa shape index (κ2) is 7.01. The fourth-order valence-corrected chi connectivity index (χ4v) is 3.90. The molecule has 4 nitrogen and oxygen atoms in total. The first-order chi connectivity index (χ1) is 10.3. The largest absolute Gasteiger partial charge is 0.375 e. The highest BCUT2D eigenvalue weighted by Gasteiger charge is 2.20. The summed E-state index contributed by atoms with van der Waals surface area (Å²) in [6, 6.07) is 5.78. The fraction of sp³-hybridized carbons (Fsp3) is 0.231. The summed E-state index contributed by atoms with van der Waals surface area (Å²) in [6.07, 6.45) is -0.530. The molecule has 22 heavy (non-hydrogen) atoms. The SMILES string of the molecule is COC(CNS(=O)(=O)c1ccc(F)c(F)c1)c1ccc(Cl)s1. The van der Waals surface area contributed by atoms with Gasteiger partial charge < -0.3 is 4.74 Å². The van der Waals surface area contributed by atoms with Crippen LogP contribution in [0.2, 0.25) is 4.34 Å². The first kappa shape index (κ1) is 17.3. The highest BCUT2D eigenvalue weighted by molar-refractivity contribution is 7.89. The van der Waals surface area contributed by atoms with E-state index in [4.69, 9.17) is 16.3 Å². The summed E-state index contributed by atoms with van der Waals surface area (Å²) < 4.78 is 58.2. The lowest BCUT2D eigenvalue weighted by atomic mass is 10.3. The Morgan fingerprint density at radius 1 is 1.27 bits per heavy atom. The summed E-state index contributed by atoms with van der Waals surface area (Å²) in [5.74, 6) is -2.34. The summed E-state index contributed by atoms with van der Waals surface area (Å²) in [6.45, 7) is -0.0608. The molecule has 1 atom stereocenters. The number of rotatable bonds is 6. The van der Waals surface area contributed by atoms with Crippen LogP contribution in [0.1, 0.15) is 11.0 Å². The van der Waals surface area contributed by atoms with Gasteiger partial charge in [0, 0.05) is 18.5 Å². The second-order valence-electron chi connectivity index (χ2n) is 4.29. The number of thiophene rings is 1. The predicted octanol–water partition coefficient (Wildman–Crippen LogP) is 3.35. The van der Waals surface area contributed by atoms with E-state index in [1.54, 1.807) is 12.1 Å². The van der Waals surface area contributed by atoms with E-state index in [2.05, 4.69) is 4.72 Å². The molecule has 0 spiro atoms. The number of halogens is 3. The number of hydrogen-bond donors (Lipinski definition) is 1. The van der Waals surface area contributed by atoms with Gasteiger partial charge in [-0.1, -0.05) is 11.6 Å². The molecule has 2 aromatic rings. The van der Waals surface area contributed by atoms with E-state index < -0.39 is 27.8 Å². The van der Waals surface area contributed by atoms with Crippen LogP contribution in [0.4, 0.5) is 8.78 Å². The molecule has 1 heterocycles. The minimum absolute atomic E-state index is 0.0608. The Hall–Kier alpha value is -1.06. The molecule has 0 saturated carbocycles. The van der Waals surface area contributed by atoms with E-state index >= 15 is 0 Å². The maximum atomic E-state index is 13.1. The molecule has 2 rings (SSSR count). The van der Waals surface area contributed by atoms with Crippen LogP contribution in [0.15, 0.2) is 35.2 Å². The first-order valence-corrected chi connectivity index (χ1v) is 8.74. The van der Waals surface area contributed by atoms with Crippen LogP contribution in [0.25, 0.3) is 0 Å². The molecule has 0 fully saturated rings. The average molecular weight is 368 g/mol. The maximum absolute atomic E-state index is 13.1. The van der Waals surface area contributed by atoms with Crippen molar-refractivity contribution in [2.24, 2.45) is 0 Å². The Morgan fingerprint density at radius 3 is 2.55 bits per heavy atom. The third-order valence-electron chi connectivity index (χ3n) is 2.86. The summed E-state index contributed by atoms with van der Waals surface area (Å²) in [4.78, 5) is 0.394. The van der Waals surface area contributed by atoms with Crippen LogP contribution in [-0.4, -0.2) is 22.1 Å². The molecule has 1 aromatic heterocycles. The highest BCUT2D eigenvalue weighted by atomic mass is 35.5. The van der Waals surface area contributed by atoms with Gasteiger partial charge in [0.2, 0.25) is 10.0 Å². The zero-order valence-electron chi connectivity index (χ0n) is 11.3. The molecule has 9 heteroatoms. The van der Waals surface area contributed by atoms with Crippen molar-refractivity contribution in [1.29, 1.82) is 0 Å². The van der Waals surface area contributed by atoms with Crippen LogP contribution in [0.5, 0.6) is 0 Å². The van der Waals surface area contributed by atoms with Crippen molar-refractivity contribution in [3.63, 3.8) is 0 Å². The lowest BCUT2D eigenvalue weighted by Gasteiger charge is -2.15. The van der Waals surface area contributed by atoms with Gasteiger partial charge in [0.1, 0.15) is 6.10 Å². The zero-order valence-corrected chi connectivity index (χ0v) is 13.7. The van der Waals surface area contributed by atoms with Gasteiger partial charge in [-0.2, -0.15) is 0 Å². The van der Waals surface area contributed by atoms with Gasteiger partial charge in [-0.05, 0) is 30.3 Å². The number of benzene rings is 1. The molecule has 0 bridgehead atoms. The van der Waals surface area contributed by atoms with Crippen molar-refractivity contribution in [1.82, 2.24) is 4.72 Å². The molecule has 1 N–H and O–H groups in total. The molecule has 0 radical (unpaired) electrons. The smallest absolute Gasteiger partial charge is 0.240 e. The van der Waals surface area contributed by atoms with E-state index in [1.165, 1.54) is 18.4 Å². The number of ether oxygens (including phenoxy) is 1. The van der Waals surface area contributed by atoms with Gasteiger partial charge in [0.15, 0.2) is 11.6 Å². The van der Waals surface area contributed by atoms with Crippen molar-refractivity contribution < 1.29 is 21.9 Å². The Bertz CT molecular complexity index is 764. The van der Waals surface area contributed by atoms with E-state index in [0.717, 1.165) is 17.0 Å². The van der Waals surface area contributed by atoms with Gasteiger partial charge in [0.25, 0.3) is 0 Å². The second-order valence-corrected chi connectivity index (χ2v) is 7.81. The van der Waals surface area contributed by atoms with Gasteiger partial charge in [0.05, 0.1) is 9.23 Å². The van der Waals surface area contributed by atoms with Gasteiger partial charge >= 0.3 is 0 Å². The third kappa shape index (κ3) is 4.02. The van der Waals surface area contributed by atoms with Crippen LogP contribution >= 0.6 is 22.9 Å². The lowest BCUT2D eigenvalue weighted by molar-refractivity contribution is 0.110. The minimum atomic E-state index is -3.97. The first-order valence-electron chi connectivity index (χ1n) is 6.06. The van der Waals surface area contributed by atoms with Crippen LogP contribution in [0.3, 0.4) is 0 Å². The Kier molecular flexibility index (Phi) is 5.51. The van der Waals surface area contributed by atoms with E-state index in [-0.39, 0.29) is 11.4 Å². The Labute approximate surface area is 135 Å². The highest BCUT2D eigenvalue weighted by Crippen LogP contribution is 2.28. The topological polar surface area (TPSA) is 55.4 Å². The van der Waals surface area contributed by atoms with E-state index in [1.807, 2.05) is 0 Å². The molecular formula is C13H12ClF2NO3S2. The summed E-state index contributed by atoms with van der Waals surface area (Å²) in [7, 11) is -2.54. The number of nitrogens with one attached hydrogen (secondary N) is 1. The molecule has 0 aliphatic rings. The standard InChI is InChI=1S/C13H12ClF2NO3S2/c1-20-11(12-4-5-13(14)21-12)7-17-22(18,19)8-2-3-9(15)10(16)6-8/h2-6,11,17H,7H2,1H3. The predicted molar refractivity (Wildman–Crippen MR) is 80.6 cm³/mol. The van der Waals surface area contributed by atoms with Gasteiger partial charge in [-0.25, -0.2) is 21.9 Å². The molecule has 1 aromatic carbocycles. The quantitative estimate of drug-likeness (QED) is 0.851. The molecular weight excluding hydrogens is 356 g/mol. The Balaban J connectivity index is 2.12. The maximum Gasteiger partial charge on any atom is 0.240 e. The fourth-order valence-electron chi connectivity index (χ4n) is 1.71. The number of methoxy groups -OCH3 is 1. The van der Waals surface area contributed by atoms with E-state index in [0.29, 0.717) is 10.4 Å². The molecule has 120 valence electrons. The van der Waals surface area contributed by atoms with Crippen molar-refractivity contribution >= 4 is 33.0 Å². The van der Waals surface area contributed by atoms with Crippen molar-refractivity contribution in [3.8, 4) is 0 Å². The molecule has 0 aliphatic heterocycles. The summed E-state index contributed by atoms with van der Waals surface area (Å²) >= 11 is 7.09. The van der Waals surface area contributed by atoms with Crippen molar-refractivity contribution in [3.05, 3.63) is 51.2 Å². The van der Waals surface area contributed by atoms with Crippen LogP contribution in [-0.2, 0) is 14.8 Å². The number of hydrogen-bond acceptors (Lipinski definition) is 4. The molecule has 1 unspecified atom stereocenters. The van der Waals surface area contributed by atoms with Crippen LogP contribution < -0.4 is 4.72 Å². The normalized spacial score (nSPS) is 13.3. The minimum Gasteiger partial charge on any atom is -0.375 e.